The topological polar surface area (TPSA) is 24.4 Å². The highest BCUT2D eigenvalue weighted by Gasteiger charge is 2.00. The molecular formula is C13H9Br2ClN2. The van der Waals surface area contributed by atoms with Crippen molar-refractivity contribution in [1.29, 1.82) is 0 Å². The smallest absolute Gasteiger partial charge is 0.133 e. The molecule has 0 heterocycles. The van der Waals surface area contributed by atoms with Crippen molar-refractivity contribution in [2.24, 2.45) is 5.10 Å². The fourth-order valence-corrected chi connectivity index (χ4v) is 2.11. The van der Waals surface area contributed by atoms with Crippen molar-refractivity contribution in [3.8, 4) is 0 Å². The summed E-state index contributed by atoms with van der Waals surface area (Å²) >= 11 is 12.7. The van der Waals surface area contributed by atoms with E-state index in [4.69, 9.17) is 11.6 Å². The van der Waals surface area contributed by atoms with Crippen LogP contribution in [0.1, 0.15) is 5.56 Å². The van der Waals surface area contributed by atoms with Crippen LogP contribution in [0.3, 0.4) is 0 Å². The predicted octanol–water partition coefficient (Wildman–Crippen LogP) is 5.27. The fraction of sp³-hybridized carbons (Fsp3) is 0. The third-order valence-electron chi connectivity index (χ3n) is 2.19. The second-order valence-corrected chi connectivity index (χ2v) is 5.63. The molecule has 0 atom stereocenters. The van der Waals surface area contributed by atoms with E-state index in [0.29, 0.717) is 9.64 Å². The number of benzene rings is 2. The van der Waals surface area contributed by atoms with Crippen molar-refractivity contribution in [2.75, 3.05) is 5.43 Å². The van der Waals surface area contributed by atoms with Gasteiger partial charge in [-0.3, -0.25) is 5.43 Å². The molecule has 0 fully saturated rings. The summed E-state index contributed by atoms with van der Waals surface area (Å²) in [4.78, 5) is 0. The first-order valence-electron chi connectivity index (χ1n) is 5.16. The maximum atomic E-state index is 5.92. The van der Waals surface area contributed by atoms with Crippen LogP contribution in [-0.2, 0) is 0 Å². The van der Waals surface area contributed by atoms with Crippen LogP contribution in [0.4, 0.5) is 5.69 Å². The van der Waals surface area contributed by atoms with E-state index >= 15 is 0 Å². The summed E-state index contributed by atoms with van der Waals surface area (Å²) in [6.07, 6.45) is 0. The minimum Gasteiger partial charge on any atom is -0.277 e. The summed E-state index contributed by atoms with van der Waals surface area (Å²) in [6.45, 7) is 0. The molecule has 18 heavy (non-hydrogen) atoms. The van der Waals surface area contributed by atoms with Crippen LogP contribution in [0.25, 0.3) is 0 Å². The van der Waals surface area contributed by atoms with Gasteiger partial charge in [0.05, 0.1) is 5.69 Å². The van der Waals surface area contributed by atoms with Gasteiger partial charge in [-0.25, -0.2) is 0 Å². The van der Waals surface area contributed by atoms with Crippen molar-refractivity contribution in [2.45, 2.75) is 0 Å². The van der Waals surface area contributed by atoms with E-state index in [0.717, 1.165) is 15.7 Å². The first-order valence-corrected chi connectivity index (χ1v) is 7.12. The molecule has 0 radical (unpaired) electrons. The lowest BCUT2D eigenvalue weighted by molar-refractivity contribution is 1.34. The summed E-state index contributed by atoms with van der Waals surface area (Å²) in [5, 5.41) is 4.93. The highest BCUT2D eigenvalue weighted by molar-refractivity contribution is 9.18. The minimum absolute atomic E-state index is 0.684. The lowest BCUT2D eigenvalue weighted by Crippen LogP contribution is -1.96. The van der Waals surface area contributed by atoms with Gasteiger partial charge in [0, 0.05) is 15.1 Å². The van der Waals surface area contributed by atoms with Gasteiger partial charge in [-0.15, -0.1) is 0 Å². The van der Waals surface area contributed by atoms with Crippen LogP contribution in [0.15, 0.2) is 58.1 Å². The number of nitrogens with one attached hydrogen (secondary N) is 1. The number of rotatable bonds is 3. The molecule has 2 aromatic rings. The quantitative estimate of drug-likeness (QED) is 0.562. The molecule has 2 aromatic carbocycles. The van der Waals surface area contributed by atoms with Crippen molar-refractivity contribution in [1.82, 2.24) is 0 Å². The number of hydrogen-bond acceptors (Lipinski definition) is 2. The van der Waals surface area contributed by atoms with Crippen LogP contribution in [0, 0.1) is 0 Å². The number of anilines is 1. The third kappa shape index (κ3) is 3.83. The number of nitrogens with zero attached hydrogens (tertiary/aromatic N) is 1. The maximum absolute atomic E-state index is 5.92. The number of halogens is 3. The molecule has 2 nitrogen and oxygen atoms in total. The zero-order chi connectivity index (χ0) is 13.0. The molecule has 0 aliphatic rings. The Balaban J connectivity index is 2.11. The molecule has 0 bridgehead atoms. The molecule has 0 spiro atoms. The van der Waals surface area contributed by atoms with Gasteiger partial charge in [0.2, 0.25) is 0 Å². The largest absolute Gasteiger partial charge is 0.277 e. The van der Waals surface area contributed by atoms with Crippen molar-refractivity contribution in [3.05, 3.63) is 63.6 Å². The Morgan fingerprint density at radius 1 is 1.11 bits per heavy atom. The van der Waals surface area contributed by atoms with Gasteiger partial charge in [-0.1, -0.05) is 39.7 Å². The first kappa shape index (κ1) is 13.6. The van der Waals surface area contributed by atoms with Gasteiger partial charge in [0.1, 0.15) is 4.62 Å². The SMILES string of the molecule is Clc1cccc(/C(Br)=N/Nc2ccc(Br)cc2)c1. The second kappa shape index (κ2) is 6.36. The van der Waals surface area contributed by atoms with E-state index < -0.39 is 0 Å². The van der Waals surface area contributed by atoms with Gasteiger partial charge < -0.3 is 0 Å². The lowest BCUT2D eigenvalue weighted by atomic mass is 10.2. The molecular weight excluding hydrogens is 379 g/mol. The van der Waals surface area contributed by atoms with E-state index in [2.05, 4.69) is 42.4 Å². The molecule has 0 aliphatic carbocycles. The molecule has 92 valence electrons. The van der Waals surface area contributed by atoms with Crippen LogP contribution >= 0.6 is 43.5 Å². The van der Waals surface area contributed by atoms with Gasteiger partial charge in [0.15, 0.2) is 0 Å². The fourth-order valence-electron chi connectivity index (χ4n) is 1.32. The Hall–Kier alpha value is -0.840. The Bertz CT molecular complexity index is 567. The molecule has 2 rings (SSSR count). The summed E-state index contributed by atoms with van der Waals surface area (Å²) in [5.41, 5.74) is 4.80. The Morgan fingerprint density at radius 3 is 2.50 bits per heavy atom. The van der Waals surface area contributed by atoms with E-state index in [1.807, 2.05) is 48.5 Å². The molecule has 0 aliphatic heterocycles. The summed E-state index contributed by atoms with van der Waals surface area (Å²) < 4.78 is 1.74. The lowest BCUT2D eigenvalue weighted by Gasteiger charge is -2.03. The van der Waals surface area contributed by atoms with Crippen molar-refractivity contribution in [3.63, 3.8) is 0 Å². The van der Waals surface area contributed by atoms with E-state index in [9.17, 15) is 0 Å². The monoisotopic (exact) mass is 386 g/mol. The highest BCUT2D eigenvalue weighted by atomic mass is 79.9. The van der Waals surface area contributed by atoms with Gasteiger partial charge in [-0.05, 0) is 52.3 Å². The Morgan fingerprint density at radius 2 is 1.83 bits per heavy atom. The molecule has 0 saturated carbocycles. The standard InChI is InChI=1S/C13H9Br2ClN2/c14-10-4-6-12(7-5-10)17-18-13(15)9-2-1-3-11(16)8-9/h1-8,17H/b18-13-. The summed E-state index contributed by atoms with van der Waals surface area (Å²) in [6, 6.07) is 15.3. The number of hydrazone groups is 1. The van der Waals surface area contributed by atoms with Crippen molar-refractivity contribution >= 4 is 53.8 Å². The predicted molar refractivity (Wildman–Crippen MR) is 84.7 cm³/mol. The Labute approximate surface area is 127 Å². The number of hydrogen-bond donors (Lipinski definition) is 1. The zero-order valence-electron chi connectivity index (χ0n) is 9.20. The molecule has 0 aromatic heterocycles. The maximum Gasteiger partial charge on any atom is 0.133 e. The van der Waals surface area contributed by atoms with Gasteiger partial charge in [-0.2, -0.15) is 5.10 Å². The van der Waals surface area contributed by atoms with Crippen LogP contribution in [-0.4, -0.2) is 4.62 Å². The molecule has 0 saturated heterocycles. The molecule has 1 N–H and O–H groups in total. The highest BCUT2D eigenvalue weighted by Crippen LogP contribution is 2.16. The molecule has 5 heteroatoms. The molecule has 0 amide bonds. The summed E-state index contributed by atoms with van der Waals surface area (Å²) in [5.74, 6) is 0. The van der Waals surface area contributed by atoms with Crippen molar-refractivity contribution < 1.29 is 0 Å². The average Bonchev–Trinajstić information content (AvgIpc) is 2.38. The normalized spacial score (nSPS) is 11.4. The summed E-state index contributed by atoms with van der Waals surface area (Å²) in [7, 11) is 0. The van der Waals surface area contributed by atoms with E-state index in [1.54, 1.807) is 0 Å². The van der Waals surface area contributed by atoms with Crippen LogP contribution < -0.4 is 5.43 Å². The third-order valence-corrected chi connectivity index (χ3v) is 3.59. The Kier molecular flexibility index (Phi) is 4.80. The van der Waals surface area contributed by atoms with Crippen LogP contribution in [0.2, 0.25) is 5.02 Å². The average molecular weight is 388 g/mol. The van der Waals surface area contributed by atoms with E-state index in [1.165, 1.54) is 0 Å². The second-order valence-electron chi connectivity index (χ2n) is 3.53. The molecule has 0 unspecified atom stereocenters. The van der Waals surface area contributed by atoms with Gasteiger partial charge >= 0.3 is 0 Å². The first-order chi connectivity index (χ1) is 8.65. The minimum atomic E-state index is 0.684. The van der Waals surface area contributed by atoms with Crippen LogP contribution in [0.5, 0.6) is 0 Å². The zero-order valence-corrected chi connectivity index (χ0v) is 13.1. The van der Waals surface area contributed by atoms with Gasteiger partial charge in [0.25, 0.3) is 0 Å². The van der Waals surface area contributed by atoms with E-state index in [-0.39, 0.29) is 0 Å².